The smallest absolute Gasteiger partial charge is 0.0220 e. The first-order valence-corrected chi connectivity index (χ1v) is 5.13. The summed E-state index contributed by atoms with van der Waals surface area (Å²) in [6.45, 7) is 8.19. The summed E-state index contributed by atoms with van der Waals surface area (Å²) in [5.74, 6) is 0. The molecule has 0 heterocycles. The number of thiol groups is 1. The highest BCUT2D eigenvalue weighted by Gasteiger charge is 1.92. The fraction of sp³-hybridized carbons (Fsp3) is 0.333. The molecule has 1 aromatic carbocycles. The molecule has 0 aliphatic rings. The maximum absolute atomic E-state index is 4.03. The van der Waals surface area contributed by atoms with Crippen LogP contribution in [0, 0.1) is 13.8 Å². The Morgan fingerprint density at radius 2 is 1.77 bits per heavy atom. The molecule has 1 heteroatoms. The molecule has 0 amide bonds. The van der Waals surface area contributed by atoms with Crippen LogP contribution in [0.3, 0.4) is 0 Å². The van der Waals surface area contributed by atoms with Gasteiger partial charge in [-0.05, 0) is 36.5 Å². The van der Waals surface area contributed by atoms with Gasteiger partial charge in [0.05, 0.1) is 0 Å². The van der Waals surface area contributed by atoms with Crippen molar-refractivity contribution in [1.29, 1.82) is 0 Å². The van der Waals surface area contributed by atoms with Crippen molar-refractivity contribution in [3.63, 3.8) is 0 Å². The van der Waals surface area contributed by atoms with Crippen LogP contribution in [0.4, 0.5) is 0 Å². The largest absolute Gasteiger partial charge is 0.151 e. The lowest BCUT2D eigenvalue weighted by Crippen LogP contribution is -1.80. The minimum atomic E-state index is 1.25. The van der Waals surface area contributed by atoms with E-state index in [2.05, 4.69) is 44.7 Å². The highest BCUT2D eigenvalue weighted by molar-refractivity contribution is 7.83. The number of hydrogen-bond donors (Lipinski definition) is 1. The Kier molecular flexibility index (Phi) is 6.43. The summed E-state index contributed by atoms with van der Waals surface area (Å²) in [7, 11) is 0. The SMILES string of the molecule is CC.Cc1ccc(C)c(/C=C\S)c1. The molecule has 13 heavy (non-hydrogen) atoms. The molecule has 1 aromatic rings. The second-order valence-electron chi connectivity index (χ2n) is 2.68. The summed E-state index contributed by atoms with van der Waals surface area (Å²) in [6, 6.07) is 6.39. The highest BCUT2D eigenvalue weighted by atomic mass is 32.1. The monoisotopic (exact) mass is 194 g/mol. The maximum atomic E-state index is 4.03. The van der Waals surface area contributed by atoms with E-state index in [4.69, 9.17) is 0 Å². The fourth-order valence-electron chi connectivity index (χ4n) is 1.02. The van der Waals surface area contributed by atoms with Crippen LogP contribution in [0.1, 0.15) is 30.5 Å². The molecule has 0 radical (unpaired) electrons. The average molecular weight is 194 g/mol. The predicted molar refractivity (Wildman–Crippen MR) is 65.3 cm³/mol. The summed E-state index contributed by atoms with van der Waals surface area (Å²) >= 11 is 4.03. The van der Waals surface area contributed by atoms with E-state index in [-0.39, 0.29) is 0 Å². The first kappa shape index (κ1) is 12.3. The van der Waals surface area contributed by atoms with Crippen molar-refractivity contribution in [2.75, 3.05) is 0 Å². The zero-order valence-corrected chi connectivity index (χ0v) is 9.73. The molecule has 0 N–H and O–H groups in total. The lowest BCUT2D eigenvalue weighted by molar-refractivity contribution is 1.38. The van der Waals surface area contributed by atoms with Gasteiger partial charge in [-0.15, -0.1) is 0 Å². The fourth-order valence-corrected chi connectivity index (χ4v) is 1.18. The van der Waals surface area contributed by atoms with Gasteiger partial charge in [-0.2, -0.15) is 12.6 Å². The van der Waals surface area contributed by atoms with Gasteiger partial charge in [0.2, 0.25) is 0 Å². The third kappa shape index (κ3) is 4.18. The van der Waals surface area contributed by atoms with Gasteiger partial charge in [0, 0.05) is 0 Å². The molecule has 0 unspecified atom stereocenters. The van der Waals surface area contributed by atoms with Gasteiger partial charge in [-0.1, -0.05) is 37.6 Å². The predicted octanol–water partition coefficient (Wildman–Crippen LogP) is 4.23. The van der Waals surface area contributed by atoms with Crippen LogP contribution in [0.15, 0.2) is 23.6 Å². The summed E-state index contributed by atoms with van der Waals surface area (Å²) < 4.78 is 0. The van der Waals surface area contributed by atoms with Crippen molar-refractivity contribution >= 4 is 18.7 Å². The quantitative estimate of drug-likeness (QED) is 0.635. The van der Waals surface area contributed by atoms with Crippen LogP contribution >= 0.6 is 12.6 Å². The Bertz CT molecular complexity index is 274. The van der Waals surface area contributed by atoms with E-state index >= 15 is 0 Å². The summed E-state index contributed by atoms with van der Waals surface area (Å²) in [5, 5.41) is 1.77. The Morgan fingerprint density at radius 1 is 1.15 bits per heavy atom. The van der Waals surface area contributed by atoms with Crippen LogP contribution in [-0.4, -0.2) is 0 Å². The number of hydrogen-bond acceptors (Lipinski definition) is 1. The summed E-state index contributed by atoms with van der Waals surface area (Å²) in [4.78, 5) is 0. The zero-order chi connectivity index (χ0) is 10.3. The van der Waals surface area contributed by atoms with E-state index in [1.54, 1.807) is 5.41 Å². The molecular weight excluding hydrogens is 176 g/mol. The molecule has 72 valence electrons. The first-order valence-electron chi connectivity index (χ1n) is 4.62. The van der Waals surface area contributed by atoms with Gasteiger partial charge < -0.3 is 0 Å². The summed E-state index contributed by atoms with van der Waals surface area (Å²) in [6.07, 6.45) is 2.01. The molecule has 0 aromatic heterocycles. The second kappa shape index (κ2) is 6.79. The van der Waals surface area contributed by atoms with Crippen LogP contribution in [0.5, 0.6) is 0 Å². The van der Waals surface area contributed by atoms with Crippen molar-refractivity contribution in [2.45, 2.75) is 27.7 Å². The molecule has 0 aliphatic carbocycles. The van der Waals surface area contributed by atoms with Crippen LogP contribution in [-0.2, 0) is 0 Å². The normalized spacial score (nSPS) is 9.62. The van der Waals surface area contributed by atoms with Crippen molar-refractivity contribution in [2.24, 2.45) is 0 Å². The number of benzene rings is 1. The molecule has 0 fully saturated rings. The summed E-state index contributed by atoms with van der Waals surface area (Å²) in [5.41, 5.74) is 3.83. The molecule has 0 nitrogen and oxygen atoms in total. The standard InChI is InChI=1S/C10H12S.C2H6/c1-8-3-4-9(2)10(7-8)5-6-11;1-2/h3-7,11H,1-2H3;1-2H3/b6-5-;. The maximum Gasteiger partial charge on any atom is -0.0220 e. The van der Waals surface area contributed by atoms with Crippen molar-refractivity contribution < 1.29 is 0 Å². The molecule has 0 saturated heterocycles. The van der Waals surface area contributed by atoms with Crippen LogP contribution in [0.2, 0.25) is 0 Å². The Morgan fingerprint density at radius 3 is 2.31 bits per heavy atom. The second-order valence-corrected chi connectivity index (χ2v) is 2.97. The Balaban J connectivity index is 0.000000671. The van der Waals surface area contributed by atoms with Gasteiger partial charge in [-0.25, -0.2) is 0 Å². The first-order chi connectivity index (χ1) is 6.24. The Hall–Kier alpha value is -0.690. The van der Waals surface area contributed by atoms with E-state index < -0.39 is 0 Å². The lowest BCUT2D eigenvalue weighted by Gasteiger charge is -2.00. The van der Waals surface area contributed by atoms with E-state index in [0.717, 1.165) is 0 Å². The zero-order valence-electron chi connectivity index (χ0n) is 8.83. The molecule has 0 atom stereocenters. The third-order valence-corrected chi connectivity index (χ3v) is 1.84. The molecule has 0 bridgehead atoms. The third-order valence-electron chi connectivity index (χ3n) is 1.69. The van der Waals surface area contributed by atoms with Gasteiger partial charge in [0.15, 0.2) is 0 Å². The van der Waals surface area contributed by atoms with Gasteiger partial charge in [0.25, 0.3) is 0 Å². The average Bonchev–Trinajstić information content (AvgIpc) is 2.15. The van der Waals surface area contributed by atoms with E-state index in [1.165, 1.54) is 16.7 Å². The van der Waals surface area contributed by atoms with Gasteiger partial charge in [-0.3, -0.25) is 0 Å². The molecule has 1 rings (SSSR count). The Labute approximate surface area is 87.1 Å². The van der Waals surface area contributed by atoms with E-state index in [1.807, 2.05) is 19.9 Å². The van der Waals surface area contributed by atoms with Crippen LogP contribution < -0.4 is 0 Å². The van der Waals surface area contributed by atoms with Crippen molar-refractivity contribution in [1.82, 2.24) is 0 Å². The number of rotatable bonds is 1. The van der Waals surface area contributed by atoms with Crippen molar-refractivity contribution in [3.05, 3.63) is 40.3 Å². The minimum absolute atomic E-state index is 1.25. The lowest BCUT2D eigenvalue weighted by atomic mass is 10.1. The molecule has 0 saturated carbocycles. The molecule has 0 aliphatic heterocycles. The number of aryl methyl sites for hydroxylation is 2. The van der Waals surface area contributed by atoms with Gasteiger partial charge >= 0.3 is 0 Å². The molecule has 0 spiro atoms. The van der Waals surface area contributed by atoms with Crippen LogP contribution in [0.25, 0.3) is 6.08 Å². The van der Waals surface area contributed by atoms with E-state index in [9.17, 15) is 0 Å². The van der Waals surface area contributed by atoms with Gasteiger partial charge in [0.1, 0.15) is 0 Å². The minimum Gasteiger partial charge on any atom is -0.151 e. The van der Waals surface area contributed by atoms with E-state index in [0.29, 0.717) is 0 Å². The topological polar surface area (TPSA) is 0 Å². The van der Waals surface area contributed by atoms with Crippen molar-refractivity contribution in [3.8, 4) is 0 Å². The molecular formula is C12H18S. The highest BCUT2D eigenvalue weighted by Crippen LogP contribution is 2.12.